The summed E-state index contributed by atoms with van der Waals surface area (Å²) in [7, 11) is 1.81. The minimum absolute atomic E-state index is 0.0178. The molecule has 6 nitrogen and oxygen atoms in total. The number of likely N-dealkylation sites (N-methyl/N-ethyl adjacent to an activating group) is 1. The van der Waals surface area contributed by atoms with E-state index < -0.39 is 12.1 Å². The lowest BCUT2D eigenvalue weighted by Gasteiger charge is -2.37. The number of benzene rings is 1. The molecule has 1 aromatic rings. The van der Waals surface area contributed by atoms with Crippen LogP contribution in [0, 0.1) is 6.92 Å². The largest absolute Gasteiger partial charge is 0.480 e. The fraction of sp³-hybridized carbons (Fsp3) is 0.556. The molecule has 0 aromatic heterocycles. The SMILES string of the molecule is Cc1ccc(Cl)c(OC(C)C(=O)N2CCC(N(C)CC(=O)O)CC2)c1. The Morgan fingerprint density at radius 3 is 2.64 bits per heavy atom. The molecule has 1 aliphatic rings. The summed E-state index contributed by atoms with van der Waals surface area (Å²) >= 11 is 6.12. The molecule has 1 amide bonds. The first-order valence-corrected chi connectivity index (χ1v) is 8.79. The summed E-state index contributed by atoms with van der Waals surface area (Å²) in [6.45, 7) is 4.88. The molecule has 1 aromatic carbocycles. The van der Waals surface area contributed by atoms with Crippen LogP contribution in [0.4, 0.5) is 0 Å². The highest BCUT2D eigenvalue weighted by Gasteiger charge is 2.29. The van der Waals surface area contributed by atoms with Gasteiger partial charge in [0, 0.05) is 19.1 Å². The van der Waals surface area contributed by atoms with Gasteiger partial charge >= 0.3 is 5.97 Å². The second-order valence-electron chi connectivity index (χ2n) is 6.56. The summed E-state index contributed by atoms with van der Waals surface area (Å²) in [5, 5.41) is 9.36. The van der Waals surface area contributed by atoms with Crippen molar-refractivity contribution < 1.29 is 19.4 Å². The Morgan fingerprint density at radius 2 is 2.04 bits per heavy atom. The Kier molecular flexibility index (Phi) is 6.67. The number of carboxylic acid groups (broad SMARTS) is 1. The second kappa shape index (κ2) is 8.54. The minimum atomic E-state index is -0.835. The topological polar surface area (TPSA) is 70.1 Å². The van der Waals surface area contributed by atoms with Crippen molar-refractivity contribution in [3.63, 3.8) is 0 Å². The number of hydrogen-bond donors (Lipinski definition) is 1. The second-order valence-corrected chi connectivity index (χ2v) is 6.97. The van der Waals surface area contributed by atoms with Gasteiger partial charge in [-0.2, -0.15) is 0 Å². The number of rotatable bonds is 6. The number of likely N-dealkylation sites (tertiary alicyclic amines) is 1. The number of carbonyl (C=O) groups is 2. The molecule has 1 unspecified atom stereocenters. The van der Waals surface area contributed by atoms with E-state index in [-0.39, 0.29) is 18.5 Å². The molecule has 0 aliphatic carbocycles. The highest BCUT2D eigenvalue weighted by molar-refractivity contribution is 6.32. The average molecular weight is 369 g/mol. The highest BCUT2D eigenvalue weighted by Crippen LogP contribution is 2.27. The summed E-state index contributed by atoms with van der Waals surface area (Å²) in [6, 6.07) is 5.65. The van der Waals surface area contributed by atoms with Gasteiger partial charge in [0.05, 0.1) is 11.6 Å². The van der Waals surface area contributed by atoms with Crippen molar-refractivity contribution in [3.05, 3.63) is 28.8 Å². The van der Waals surface area contributed by atoms with E-state index >= 15 is 0 Å². The Hall–Kier alpha value is -1.79. The number of nitrogens with zero attached hydrogens (tertiary/aromatic N) is 2. The van der Waals surface area contributed by atoms with Crippen molar-refractivity contribution in [2.24, 2.45) is 0 Å². The van der Waals surface area contributed by atoms with Crippen LogP contribution in [-0.2, 0) is 9.59 Å². The van der Waals surface area contributed by atoms with Gasteiger partial charge in [0.15, 0.2) is 6.10 Å². The van der Waals surface area contributed by atoms with E-state index in [9.17, 15) is 9.59 Å². The average Bonchev–Trinajstić information content (AvgIpc) is 2.57. The minimum Gasteiger partial charge on any atom is -0.480 e. The van der Waals surface area contributed by atoms with Crippen LogP contribution in [0.1, 0.15) is 25.3 Å². The molecule has 2 rings (SSSR count). The zero-order valence-electron chi connectivity index (χ0n) is 14.9. The fourth-order valence-electron chi connectivity index (χ4n) is 3.07. The molecule has 1 fully saturated rings. The molecule has 0 radical (unpaired) electrons. The monoisotopic (exact) mass is 368 g/mol. The lowest BCUT2D eigenvalue weighted by atomic mass is 10.0. The molecular formula is C18H25ClN2O4. The first-order chi connectivity index (χ1) is 11.8. The van der Waals surface area contributed by atoms with Crippen molar-refractivity contribution >= 4 is 23.5 Å². The maximum atomic E-state index is 12.6. The van der Waals surface area contributed by atoms with Gasteiger partial charge in [0.1, 0.15) is 5.75 Å². The van der Waals surface area contributed by atoms with Crippen LogP contribution >= 0.6 is 11.6 Å². The van der Waals surface area contributed by atoms with E-state index in [1.807, 2.05) is 31.0 Å². The number of carbonyl (C=O) groups excluding carboxylic acids is 1. The number of ether oxygens (including phenoxy) is 1. The van der Waals surface area contributed by atoms with Crippen LogP contribution in [0.2, 0.25) is 5.02 Å². The Labute approximate surface area is 153 Å². The van der Waals surface area contributed by atoms with E-state index in [4.69, 9.17) is 21.4 Å². The first-order valence-electron chi connectivity index (χ1n) is 8.41. The van der Waals surface area contributed by atoms with Crippen molar-refractivity contribution in [1.82, 2.24) is 9.80 Å². The quantitative estimate of drug-likeness (QED) is 0.835. The molecule has 1 aliphatic heterocycles. The molecule has 1 heterocycles. The number of halogens is 1. The third kappa shape index (κ3) is 5.34. The van der Waals surface area contributed by atoms with E-state index in [1.54, 1.807) is 17.9 Å². The molecule has 1 atom stereocenters. The van der Waals surface area contributed by atoms with Crippen LogP contribution in [0.25, 0.3) is 0 Å². The van der Waals surface area contributed by atoms with Crippen molar-refractivity contribution in [2.45, 2.75) is 38.8 Å². The van der Waals surface area contributed by atoms with Crippen LogP contribution in [-0.4, -0.2) is 65.6 Å². The summed E-state index contributed by atoms with van der Waals surface area (Å²) in [5.74, 6) is -0.395. The van der Waals surface area contributed by atoms with Gasteiger partial charge in [0.25, 0.3) is 5.91 Å². The molecule has 138 valence electrons. The zero-order valence-corrected chi connectivity index (χ0v) is 15.6. The molecular weight excluding hydrogens is 344 g/mol. The summed E-state index contributed by atoms with van der Waals surface area (Å²) in [5.41, 5.74) is 1.02. The smallest absolute Gasteiger partial charge is 0.317 e. The molecule has 0 saturated carbocycles. The Morgan fingerprint density at radius 1 is 1.40 bits per heavy atom. The molecule has 0 spiro atoms. The van der Waals surface area contributed by atoms with E-state index in [1.165, 1.54) is 0 Å². The van der Waals surface area contributed by atoms with E-state index in [0.29, 0.717) is 23.9 Å². The number of aliphatic carboxylic acids is 1. The normalized spacial score (nSPS) is 16.8. The maximum Gasteiger partial charge on any atom is 0.317 e. The van der Waals surface area contributed by atoms with E-state index in [0.717, 1.165) is 18.4 Å². The van der Waals surface area contributed by atoms with Gasteiger partial charge in [-0.15, -0.1) is 0 Å². The maximum absolute atomic E-state index is 12.6. The Balaban J connectivity index is 1.89. The number of aryl methyl sites for hydroxylation is 1. The lowest BCUT2D eigenvalue weighted by molar-refractivity contribution is -0.141. The number of carboxylic acids is 1. The zero-order chi connectivity index (χ0) is 18.6. The standard InChI is InChI=1S/C18H25ClN2O4/c1-12-4-5-15(19)16(10-12)25-13(2)18(24)21-8-6-14(7-9-21)20(3)11-17(22)23/h4-5,10,13-14H,6-9,11H2,1-3H3,(H,22,23). The van der Waals surface area contributed by atoms with E-state index in [2.05, 4.69) is 0 Å². The highest BCUT2D eigenvalue weighted by atomic mass is 35.5. The van der Waals surface area contributed by atoms with Gasteiger partial charge in [-0.05, 0) is 51.4 Å². The fourth-order valence-corrected chi connectivity index (χ4v) is 3.23. The van der Waals surface area contributed by atoms with Crippen LogP contribution < -0.4 is 4.74 Å². The van der Waals surface area contributed by atoms with Crippen LogP contribution in [0.3, 0.4) is 0 Å². The van der Waals surface area contributed by atoms with Gasteiger partial charge in [-0.1, -0.05) is 17.7 Å². The third-order valence-corrected chi connectivity index (χ3v) is 4.83. The van der Waals surface area contributed by atoms with Gasteiger partial charge in [0.2, 0.25) is 0 Å². The predicted octanol–water partition coefficient (Wildman–Crippen LogP) is 2.42. The third-order valence-electron chi connectivity index (χ3n) is 4.52. The predicted molar refractivity (Wildman–Crippen MR) is 96.1 cm³/mol. The number of hydrogen-bond acceptors (Lipinski definition) is 4. The van der Waals surface area contributed by atoms with Gasteiger partial charge in [-0.25, -0.2) is 0 Å². The van der Waals surface area contributed by atoms with Crippen LogP contribution in [0.15, 0.2) is 18.2 Å². The first kappa shape index (κ1) is 19.5. The molecule has 1 saturated heterocycles. The summed E-state index contributed by atoms with van der Waals surface area (Å²) in [4.78, 5) is 27.0. The van der Waals surface area contributed by atoms with Crippen molar-refractivity contribution in [2.75, 3.05) is 26.7 Å². The number of piperidine rings is 1. The summed E-state index contributed by atoms with van der Waals surface area (Å²) in [6.07, 6.45) is 0.897. The molecule has 7 heteroatoms. The van der Waals surface area contributed by atoms with Gasteiger partial charge < -0.3 is 14.7 Å². The number of amides is 1. The molecule has 1 N–H and O–H groups in total. The Bertz CT molecular complexity index is 630. The summed E-state index contributed by atoms with van der Waals surface area (Å²) < 4.78 is 5.76. The van der Waals surface area contributed by atoms with Crippen LogP contribution in [0.5, 0.6) is 5.75 Å². The van der Waals surface area contributed by atoms with Gasteiger partial charge in [-0.3, -0.25) is 14.5 Å². The molecule has 0 bridgehead atoms. The lowest BCUT2D eigenvalue weighted by Crippen LogP contribution is -2.49. The molecule has 25 heavy (non-hydrogen) atoms. The van der Waals surface area contributed by atoms with Crippen molar-refractivity contribution in [1.29, 1.82) is 0 Å². The van der Waals surface area contributed by atoms with Crippen molar-refractivity contribution in [3.8, 4) is 5.75 Å².